The van der Waals surface area contributed by atoms with Gasteiger partial charge in [-0.3, -0.25) is 4.79 Å². The molecule has 8 heteroatoms. The number of nitrogens with one attached hydrogen (secondary N) is 3. The fourth-order valence-corrected chi connectivity index (χ4v) is 3.45. The van der Waals surface area contributed by atoms with E-state index < -0.39 is 0 Å². The Morgan fingerprint density at radius 1 is 1.36 bits per heavy atom. The lowest BCUT2D eigenvalue weighted by Gasteiger charge is -2.09. The van der Waals surface area contributed by atoms with Crippen LogP contribution < -0.4 is 15.4 Å². The highest BCUT2D eigenvalue weighted by Gasteiger charge is 2.12. The van der Waals surface area contributed by atoms with Crippen molar-refractivity contribution >= 4 is 28.1 Å². The van der Waals surface area contributed by atoms with Crippen LogP contribution in [-0.2, 0) is 11.2 Å². The topological polar surface area (TPSA) is 91.9 Å². The molecule has 0 aliphatic rings. The van der Waals surface area contributed by atoms with Crippen LogP contribution in [0.3, 0.4) is 0 Å². The molecule has 148 valence electrons. The molecule has 7 nitrogen and oxygen atoms in total. The summed E-state index contributed by atoms with van der Waals surface area (Å²) >= 11 is 1.47. The summed E-state index contributed by atoms with van der Waals surface area (Å²) in [6, 6.07) is 5.81. The smallest absolute Gasteiger partial charge is 0.226 e. The van der Waals surface area contributed by atoms with Crippen LogP contribution in [0.15, 0.2) is 29.8 Å². The lowest BCUT2D eigenvalue weighted by atomic mass is 10.1. The number of hydrogen-bond donors (Lipinski definition) is 3. The molecule has 1 aromatic carbocycles. The molecule has 3 rings (SSSR count). The van der Waals surface area contributed by atoms with Gasteiger partial charge in [0.2, 0.25) is 5.91 Å². The average molecular weight is 400 g/mol. The Kier molecular flexibility index (Phi) is 6.65. The van der Waals surface area contributed by atoms with Gasteiger partial charge in [-0.1, -0.05) is 13.3 Å². The third-order valence-electron chi connectivity index (χ3n) is 4.16. The van der Waals surface area contributed by atoms with Gasteiger partial charge in [-0.05, 0) is 25.5 Å². The van der Waals surface area contributed by atoms with Crippen molar-refractivity contribution in [3.8, 4) is 17.1 Å². The molecular weight excluding hydrogens is 374 g/mol. The van der Waals surface area contributed by atoms with Crippen molar-refractivity contribution < 1.29 is 9.53 Å². The Hall–Kier alpha value is -2.87. The highest BCUT2D eigenvalue weighted by atomic mass is 32.1. The van der Waals surface area contributed by atoms with Crippen LogP contribution in [0.5, 0.6) is 5.75 Å². The Morgan fingerprint density at radius 2 is 2.21 bits per heavy atom. The normalized spacial score (nSPS) is 10.7. The second-order valence-corrected chi connectivity index (χ2v) is 7.34. The van der Waals surface area contributed by atoms with Gasteiger partial charge in [0.25, 0.3) is 0 Å². The summed E-state index contributed by atoms with van der Waals surface area (Å²) in [6.45, 7) is 4.77. The van der Waals surface area contributed by atoms with Crippen LogP contribution in [0, 0.1) is 6.92 Å². The fourth-order valence-electron chi connectivity index (χ4n) is 2.71. The van der Waals surface area contributed by atoms with Gasteiger partial charge in [0, 0.05) is 35.6 Å². The Labute approximate surface area is 168 Å². The van der Waals surface area contributed by atoms with Crippen molar-refractivity contribution in [2.75, 3.05) is 19.0 Å². The van der Waals surface area contributed by atoms with Gasteiger partial charge in [-0.15, -0.1) is 11.3 Å². The molecule has 0 fully saturated rings. The lowest BCUT2D eigenvalue weighted by Crippen LogP contribution is -2.26. The second kappa shape index (κ2) is 9.36. The highest BCUT2D eigenvalue weighted by Crippen LogP contribution is 2.32. The van der Waals surface area contributed by atoms with Gasteiger partial charge in [0.15, 0.2) is 5.13 Å². The maximum atomic E-state index is 11.9. The number of thiazole rings is 1. The van der Waals surface area contributed by atoms with Crippen molar-refractivity contribution in [3.05, 3.63) is 41.2 Å². The zero-order valence-electron chi connectivity index (χ0n) is 16.3. The number of aromatic nitrogens is 3. The van der Waals surface area contributed by atoms with E-state index in [1.807, 2.05) is 30.5 Å². The predicted octanol–water partition coefficient (Wildman–Crippen LogP) is 4.05. The molecule has 0 bridgehead atoms. The monoisotopic (exact) mass is 399 g/mol. The molecular formula is C20H25N5O2S. The van der Waals surface area contributed by atoms with E-state index in [-0.39, 0.29) is 5.91 Å². The zero-order valence-corrected chi connectivity index (χ0v) is 17.2. The first-order valence-electron chi connectivity index (χ1n) is 9.27. The minimum absolute atomic E-state index is 0.00469. The number of carbonyl (C=O) groups is 1. The van der Waals surface area contributed by atoms with Crippen molar-refractivity contribution in [3.63, 3.8) is 0 Å². The SMILES string of the molecule is CCCCNC(=O)Cc1csc(Nc2ccc(-c3ncc(C)[nH]3)c(OC)c2)n1. The predicted molar refractivity (Wildman–Crippen MR) is 112 cm³/mol. The van der Waals surface area contributed by atoms with Crippen molar-refractivity contribution in [1.29, 1.82) is 0 Å². The van der Waals surface area contributed by atoms with Crippen molar-refractivity contribution in [1.82, 2.24) is 20.3 Å². The highest BCUT2D eigenvalue weighted by molar-refractivity contribution is 7.13. The molecule has 0 unspecified atom stereocenters. The number of benzene rings is 1. The summed E-state index contributed by atoms with van der Waals surface area (Å²) in [5.74, 6) is 1.49. The number of ether oxygens (including phenoxy) is 1. The van der Waals surface area contributed by atoms with Gasteiger partial charge in [0.1, 0.15) is 11.6 Å². The summed E-state index contributed by atoms with van der Waals surface area (Å²) in [4.78, 5) is 24.0. The molecule has 28 heavy (non-hydrogen) atoms. The number of aryl methyl sites for hydroxylation is 1. The van der Waals surface area contributed by atoms with Gasteiger partial charge in [0.05, 0.1) is 24.8 Å². The van der Waals surface area contributed by atoms with Gasteiger partial charge < -0.3 is 20.4 Å². The van der Waals surface area contributed by atoms with E-state index in [1.165, 1.54) is 11.3 Å². The molecule has 0 atom stereocenters. The van der Waals surface area contributed by atoms with Gasteiger partial charge in [-0.2, -0.15) is 0 Å². The molecule has 0 aliphatic heterocycles. The minimum atomic E-state index is 0.00469. The number of unbranched alkanes of at least 4 members (excludes halogenated alkanes) is 1. The Balaban J connectivity index is 1.65. The van der Waals surface area contributed by atoms with Crippen LogP contribution in [0.2, 0.25) is 0 Å². The minimum Gasteiger partial charge on any atom is -0.496 e. The molecule has 1 amide bonds. The summed E-state index contributed by atoms with van der Waals surface area (Å²) in [5.41, 5.74) is 3.51. The van der Waals surface area contributed by atoms with E-state index in [2.05, 4.69) is 32.5 Å². The zero-order chi connectivity index (χ0) is 19.9. The first-order valence-corrected chi connectivity index (χ1v) is 10.1. The lowest BCUT2D eigenvalue weighted by molar-refractivity contribution is -0.120. The number of anilines is 2. The van der Waals surface area contributed by atoms with E-state index in [4.69, 9.17) is 4.74 Å². The van der Waals surface area contributed by atoms with E-state index in [1.54, 1.807) is 13.3 Å². The molecule has 0 saturated carbocycles. The number of imidazole rings is 1. The molecule has 0 saturated heterocycles. The number of H-pyrrole nitrogens is 1. The number of rotatable bonds is 9. The Morgan fingerprint density at radius 3 is 2.93 bits per heavy atom. The number of amides is 1. The number of aromatic amines is 1. The van der Waals surface area contributed by atoms with Crippen molar-refractivity contribution in [2.24, 2.45) is 0 Å². The number of methoxy groups -OCH3 is 1. The van der Waals surface area contributed by atoms with Crippen LogP contribution in [0.1, 0.15) is 31.2 Å². The standard InChI is InChI=1S/C20H25N5O2S/c1-4-5-8-21-18(26)10-15-12-28-20(25-15)24-14-6-7-16(17(9-14)27-3)19-22-11-13(2)23-19/h6-7,9,11-12H,4-5,8,10H2,1-3H3,(H,21,26)(H,22,23)(H,24,25). The molecule has 2 aromatic heterocycles. The largest absolute Gasteiger partial charge is 0.496 e. The van der Waals surface area contributed by atoms with Crippen LogP contribution in [0.25, 0.3) is 11.4 Å². The maximum absolute atomic E-state index is 11.9. The third kappa shape index (κ3) is 5.10. The first kappa shape index (κ1) is 19.9. The number of hydrogen-bond acceptors (Lipinski definition) is 6. The summed E-state index contributed by atoms with van der Waals surface area (Å²) in [7, 11) is 1.64. The summed E-state index contributed by atoms with van der Waals surface area (Å²) in [6.07, 6.45) is 4.14. The molecule has 0 aliphatic carbocycles. The average Bonchev–Trinajstić information content (AvgIpc) is 3.30. The quantitative estimate of drug-likeness (QED) is 0.472. The summed E-state index contributed by atoms with van der Waals surface area (Å²) < 4.78 is 5.52. The molecule has 0 spiro atoms. The van der Waals surface area contributed by atoms with E-state index in [0.717, 1.165) is 46.4 Å². The van der Waals surface area contributed by atoms with Crippen molar-refractivity contribution in [2.45, 2.75) is 33.1 Å². The molecule has 3 N–H and O–H groups in total. The third-order valence-corrected chi connectivity index (χ3v) is 4.96. The fraction of sp³-hybridized carbons (Fsp3) is 0.350. The van der Waals surface area contributed by atoms with Crippen LogP contribution in [-0.4, -0.2) is 34.5 Å². The van der Waals surface area contributed by atoms with E-state index >= 15 is 0 Å². The second-order valence-electron chi connectivity index (χ2n) is 6.48. The number of carbonyl (C=O) groups excluding carboxylic acids is 1. The molecule has 3 aromatic rings. The first-order chi connectivity index (χ1) is 13.6. The van der Waals surface area contributed by atoms with Crippen LogP contribution in [0.4, 0.5) is 10.8 Å². The Bertz CT molecular complexity index is 934. The van der Waals surface area contributed by atoms with Gasteiger partial charge >= 0.3 is 0 Å². The number of nitrogens with zero attached hydrogens (tertiary/aromatic N) is 2. The van der Waals surface area contributed by atoms with E-state index in [0.29, 0.717) is 18.7 Å². The maximum Gasteiger partial charge on any atom is 0.226 e. The molecule has 2 heterocycles. The van der Waals surface area contributed by atoms with Gasteiger partial charge in [-0.25, -0.2) is 9.97 Å². The summed E-state index contributed by atoms with van der Waals surface area (Å²) in [5, 5.41) is 8.82. The van der Waals surface area contributed by atoms with E-state index in [9.17, 15) is 4.79 Å². The van der Waals surface area contributed by atoms with Crippen LogP contribution >= 0.6 is 11.3 Å². The molecule has 0 radical (unpaired) electrons.